The van der Waals surface area contributed by atoms with Crippen LogP contribution in [-0.4, -0.2) is 68.7 Å². The predicted molar refractivity (Wildman–Crippen MR) is 145 cm³/mol. The van der Waals surface area contributed by atoms with E-state index in [0.29, 0.717) is 12.0 Å². The highest BCUT2D eigenvalue weighted by molar-refractivity contribution is 14.0. The molecule has 3 rings (SSSR count). The molecule has 33 heavy (non-hydrogen) atoms. The Kier molecular flexibility index (Phi) is 12.2. The molecule has 0 amide bonds. The Morgan fingerprint density at radius 2 is 1.79 bits per heavy atom. The van der Waals surface area contributed by atoms with E-state index < -0.39 is 0 Å². The maximum absolute atomic E-state index is 5.52. The van der Waals surface area contributed by atoms with Crippen molar-refractivity contribution in [1.29, 1.82) is 0 Å². The molecule has 1 fully saturated rings. The van der Waals surface area contributed by atoms with Crippen LogP contribution >= 0.6 is 24.0 Å². The van der Waals surface area contributed by atoms with Crippen molar-refractivity contribution < 1.29 is 9.15 Å². The van der Waals surface area contributed by atoms with Crippen LogP contribution in [0.5, 0.6) is 0 Å². The Hall–Kier alpha value is -1.62. The standard InChI is InChI=1S/C25H39N5O2.HI/c1-20(2)24(30-11-14-31-15-12-30)17-28-25(26-3)27-16-21-8-5-6-9-22(21)18-29(4)19-23-10-7-13-32-23;/h5-10,13,20,24H,11-12,14-19H2,1-4H3,(H2,26,27,28);1H. The molecule has 1 saturated heterocycles. The molecule has 1 aliphatic heterocycles. The predicted octanol–water partition coefficient (Wildman–Crippen LogP) is 3.55. The number of hydrogen-bond acceptors (Lipinski definition) is 5. The van der Waals surface area contributed by atoms with E-state index in [0.717, 1.165) is 64.2 Å². The van der Waals surface area contributed by atoms with Crippen molar-refractivity contribution in [3.63, 3.8) is 0 Å². The fraction of sp³-hybridized carbons (Fsp3) is 0.560. The molecule has 8 heteroatoms. The lowest BCUT2D eigenvalue weighted by molar-refractivity contribution is 0.00752. The number of guanidine groups is 1. The van der Waals surface area contributed by atoms with Crippen LogP contribution < -0.4 is 10.6 Å². The molecule has 0 spiro atoms. The summed E-state index contributed by atoms with van der Waals surface area (Å²) in [6, 6.07) is 13.0. The third kappa shape index (κ3) is 8.92. The monoisotopic (exact) mass is 569 g/mol. The topological polar surface area (TPSA) is 65.3 Å². The van der Waals surface area contributed by atoms with E-state index in [1.165, 1.54) is 11.1 Å². The zero-order chi connectivity index (χ0) is 22.8. The first kappa shape index (κ1) is 27.6. The van der Waals surface area contributed by atoms with Gasteiger partial charge >= 0.3 is 0 Å². The minimum absolute atomic E-state index is 0. The fourth-order valence-corrected chi connectivity index (χ4v) is 4.20. The van der Waals surface area contributed by atoms with E-state index in [1.807, 2.05) is 19.2 Å². The van der Waals surface area contributed by atoms with Crippen molar-refractivity contribution in [2.24, 2.45) is 10.9 Å². The van der Waals surface area contributed by atoms with Crippen LogP contribution in [0, 0.1) is 5.92 Å². The number of ether oxygens (including phenoxy) is 1. The van der Waals surface area contributed by atoms with Crippen LogP contribution in [0.2, 0.25) is 0 Å². The lowest BCUT2D eigenvalue weighted by Gasteiger charge is -2.37. The Bertz CT molecular complexity index is 822. The van der Waals surface area contributed by atoms with E-state index in [2.05, 4.69) is 70.6 Å². The van der Waals surface area contributed by atoms with Gasteiger partial charge in [-0.15, -0.1) is 24.0 Å². The van der Waals surface area contributed by atoms with Crippen molar-refractivity contribution in [1.82, 2.24) is 20.4 Å². The molecule has 1 aromatic heterocycles. The first-order valence-corrected chi connectivity index (χ1v) is 11.6. The van der Waals surface area contributed by atoms with Gasteiger partial charge in [-0.1, -0.05) is 38.1 Å². The van der Waals surface area contributed by atoms with E-state index >= 15 is 0 Å². The van der Waals surface area contributed by atoms with Crippen molar-refractivity contribution in [2.75, 3.05) is 46.9 Å². The van der Waals surface area contributed by atoms with E-state index in [1.54, 1.807) is 6.26 Å². The Labute approximate surface area is 216 Å². The summed E-state index contributed by atoms with van der Waals surface area (Å²) >= 11 is 0. The summed E-state index contributed by atoms with van der Waals surface area (Å²) in [5, 5.41) is 7.04. The van der Waals surface area contributed by atoms with Gasteiger partial charge in [0.05, 0.1) is 26.0 Å². The molecule has 2 heterocycles. The fourth-order valence-electron chi connectivity index (χ4n) is 4.20. The molecule has 1 unspecified atom stereocenters. The van der Waals surface area contributed by atoms with E-state index in [9.17, 15) is 0 Å². The van der Waals surface area contributed by atoms with Gasteiger partial charge in [0.25, 0.3) is 0 Å². The Morgan fingerprint density at radius 1 is 1.06 bits per heavy atom. The first-order chi connectivity index (χ1) is 15.6. The van der Waals surface area contributed by atoms with Gasteiger partial charge in [-0.05, 0) is 36.2 Å². The van der Waals surface area contributed by atoms with Crippen molar-refractivity contribution in [2.45, 2.75) is 39.5 Å². The quantitative estimate of drug-likeness (QED) is 0.259. The number of hydrogen-bond donors (Lipinski definition) is 2. The number of furan rings is 1. The minimum atomic E-state index is 0. The summed E-state index contributed by atoms with van der Waals surface area (Å²) in [7, 11) is 3.95. The molecule has 2 N–H and O–H groups in total. The highest BCUT2D eigenvalue weighted by atomic mass is 127. The SMILES string of the molecule is CN=C(NCc1ccccc1CN(C)Cc1ccco1)NCC(C(C)C)N1CCOCC1.I. The number of halogens is 1. The number of nitrogens with zero attached hydrogens (tertiary/aromatic N) is 3. The number of nitrogens with one attached hydrogen (secondary N) is 2. The van der Waals surface area contributed by atoms with Gasteiger partial charge in [0.1, 0.15) is 5.76 Å². The van der Waals surface area contributed by atoms with Crippen LogP contribution in [0.3, 0.4) is 0 Å². The zero-order valence-electron chi connectivity index (χ0n) is 20.4. The summed E-state index contributed by atoms with van der Waals surface area (Å²) in [5.41, 5.74) is 2.58. The normalized spacial score (nSPS) is 16.0. The van der Waals surface area contributed by atoms with Crippen LogP contribution in [-0.2, 0) is 24.4 Å². The Morgan fingerprint density at radius 3 is 2.42 bits per heavy atom. The average molecular weight is 570 g/mol. The van der Waals surface area contributed by atoms with E-state index in [-0.39, 0.29) is 24.0 Å². The second kappa shape index (κ2) is 14.6. The van der Waals surface area contributed by atoms with Crippen LogP contribution in [0.4, 0.5) is 0 Å². The first-order valence-electron chi connectivity index (χ1n) is 11.6. The number of benzene rings is 1. The van der Waals surface area contributed by atoms with E-state index in [4.69, 9.17) is 9.15 Å². The second-order valence-electron chi connectivity index (χ2n) is 8.79. The molecule has 7 nitrogen and oxygen atoms in total. The van der Waals surface area contributed by atoms with Crippen LogP contribution in [0.1, 0.15) is 30.7 Å². The number of rotatable bonds is 10. The maximum Gasteiger partial charge on any atom is 0.191 e. The van der Waals surface area contributed by atoms with Crippen molar-refractivity contribution >= 4 is 29.9 Å². The summed E-state index contributed by atoms with van der Waals surface area (Å²) in [6.07, 6.45) is 1.72. The molecule has 0 bridgehead atoms. The van der Waals surface area contributed by atoms with Crippen LogP contribution in [0.15, 0.2) is 52.1 Å². The summed E-state index contributed by atoms with van der Waals surface area (Å²) in [5.74, 6) is 2.37. The Balaban J connectivity index is 0.00000385. The van der Waals surface area contributed by atoms with Gasteiger partial charge in [-0.25, -0.2) is 0 Å². The molecule has 184 valence electrons. The molecule has 1 aliphatic rings. The summed E-state index contributed by atoms with van der Waals surface area (Å²) in [4.78, 5) is 9.24. The van der Waals surface area contributed by atoms with Gasteiger partial charge in [0.15, 0.2) is 5.96 Å². The van der Waals surface area contributed by atoms with Gasteiger partial charge < -0.3 is 19.8 Å². The van der Waals surface area contributed by atoms with Crippen LogP contribution in [0.25, 0.3) is 0 Å². The van der Waals surface area contributed by atoms with Gasteiger partial charge in [0.2, 0.25) is 0 Å². The molecule has 1 aromatic carbocycles. The summed E-state index contributed by atoms with van der Waals surface area (Å²) < 4.78 is 11.0. The third-order valence-electron chi connectivity index (χ3n) is 6.00. The number of aliphatic imine (C=N–C) groups is 1. The summed E-state index contributed by atoms with van der Waals surface area (Å²) in [6.45, 7) is 11.4. The van der Waals surface area contributed by atoms with Crippen molar-refractivity contribution in [3.8, 4) is 0 Å². The highest BCUT2D eigenvalue weighted by Crippen LogP contribution is 2.14. The van der Waals surface area contributed by atoms with Gasteiger partial charge in [-0.2, -0.15) is 0 Å². The van der Waals surface area contributed by atoms with Gasteiger partial charge in [0, 0.05) is 45.8 Å². The lowest BCUT2D eigenvalue weighted by Crippen LogP contribution is -2.52. The minimum Gasteiger partial charge on any atom is -0.468 e. The van der Waals surface area contributed by atoms with Gasteiger partial charge in [-0.3, -0.25) is 14.8 Å². The molecule has 0 saturated carbocycles. The average Bonchev–Trinajstić information content (AvgIpc) is 3.30. The number of morpholine rings is 1. The third-order valence-corrected chi connectivity index (χ3v) is 6.00. The largest absolute Gasteiger partial charge is 0.468 e. The smallest absolute Gasteiger partial charge is 0.191 e. The molecule has 2 aromatic rings. The molecular formula is C25H40IN5O2. The van der Waals surface area contributed by atoms with Crippen molar-refractivity contribution in [3.05, 3.63) is 59.5 Å². The zero-order valence-corrected chi connectivity index (χ0v) is 22.7. The second-order valence-corrected chi connectivity index (χ2v) is 8.79. The maximum atomic E-state index is 5.52. The molecule has 1 atom stereocenters. The molecular weight excluding hydrogens is 529 g/mol. The lowest BCUT2D eigenvalue weighted by atomic mass is 10.0. The highest BCUT2D eigenvalue weighted by Gasteiger charge is 2.23. The molecule has 0 aliphatic carbocycles. The molecule has 0 radical (unpaired) electrons.